The molecule has 0 radical (unpaired) electrons. The molecule has 106 valence electrons. The molecule has 0 fully saturated rings. The van der Waals surface area contributed by atoms with E-state index in [1.807, 2.05) is 24.3 Å². The highest BCUT2D eigenvalue weighted by Crippen LogP contribution is 2.18. The third-order valence-corrected chi connectivity index (χ3v) is 2.59. The summed E-state index contributed by atoms with van der Waals surface area (Å²) in [5.41, 5.74) is 1.11. The highest BCUT2D eigenvalue weighted by atomic mass is 19.1. The van der Waals surface area contributed by atoms with E-state index in [-0.39, 0.29) is 0 Å². The maximum atomic E-state index is 13.1. The summed E-state index contributed by atoms with van der Waals surface area (Å²) in [5.74, 6) is 0.693. The van der Waals surface area contributed by atoms with E-state index >= 15 is 0 Å². The zero-order chi connectivity index (χ0) is 14.4. The molecule has 0 aliphatic carbocycles. The molecule has 1 heterocycles. The lowest BCUT2D eigenvalue weighted by molar-refractivity contribution is 0.146. The van der Waals surface area contributed by atoms with Crippen LogP contribution in [0.2, 0.25) is 0 Å². The number of hydrogen-bond acceptors (Lipinski definition) is 5. The van der Waals surface area contributed by atoms with Crippen LogP contribution in [-0.4, -0.2) is 30.3 Å². The van der Waals surface area contributed by atoms with Gasteiger partial charge in [0.05, 0.1) is 18.5 Å². The zero-order valence-corrected chi connectivity index (χ0v) is 11.4. The van der Waals surface area contributed by atoms with E-state index in [0.717, 1.165) is 17.6 Å². The number of hydrogen-bond donors (Lipinski definition) is 1. The number of rotatable bonds is 6. The number of benzene rings is 1. The molecule has 0 unspecified atom stereocenters. The number of anilines is 2. The fraction of sp³-hybridized carbons (Fsp3) is 0.286. The Labute approximate surface area is 116 Å². The van der Waals surface area contributed by atoms with Crippen LogP contribution in [0.5, 0.6) is 5.75 Å². The van der Waals surface area contributed by atoms with Gasteiger partial charge in [-0.3, -0.25) is 0 Å². The van der Waals surface area contributed by atoms with Gasteiger partial charge in [0.2, 0.25) is 5.95 Å². The Kier molecular flexibility index (Phi) is 4.84. The van der Waals surface area contributed by atoms with Crippen LogP contribution in [0.3, 0.4) is 0 Å². The van der Waals surface area contributed by atoms with E-state index in [0.29, 0.717) is 24.9 Å². The summed E-state index contributed by atoms with van der Waals surface area (Å²) < 4.78 is 23.4. The Bertz CT molecular complexity index is 561. The number of halogens is 1. The van der Waals surface area contributed by atoms with Crippen LogP contribution in [0.15, 0.2) is 30.5 Å². The zero-order valence-electron chi connectivity index (χ0n) is 11.4. The number of nitrogens with one attached hydrogen (secondary N) is 1. The van der Waals surface area contributed by atoms with Crippen LogP contribution in [0, 0.1) is 12.7 Å². The molecule has 0 saturated carbocycles. The monoisotopic (exact) mass is 277 g/mol. The van der Waals surface area contributed by atoms with Crippen molar-refractivity contribution in [1.82, 2.24) is 9.97 Å². The van der Waals surface area contributed by atoms with Gasteiger partial charge in [-0.1, -0.05) is 0 Å². The van der Waals surface area contributed by atoms with E-state index in [1.165, 1.54) is 0 Å². The van der Waals surface area contributed by atoms with Crippen LogP contribution < -0.4 is 10.1 Å². The molecule has 0 atom stereocenters. The first-order valence-corrected chi connectivity index (χ1v) is 6.17. The fourth-order valence-corrected chi connectivity index (χ4v) is 1.52. The van der Waals surface area contributed by atoms with Crippen LogP contribution in [-0.2, 0) is 4.74 Å². The Morgan fingerprint density at radius 2 is 1.95 bits per heavy atom. The normalized spacial score (nSPS) is 10.3. The predicted molar refractivity (Wildman–Crippen MR) is 73.8 cm³/mol. The summed E-state index contributed by atoms with van der Waals surface area (Å²) in [6.45, 7) is 2.64. The second-order valence-electron chi connectivity index (χ2n) is 4.12. The molecule has 1 N–H and O–H groups in total. The van der Waals surface area contributed by atoms with Crippen molar-refractivity contribution in [3.63, 3.8) is 0 Å². The second-order valence-corrected chi connectivity index (χ2v) is 4.12. The summed E-state index contributed by atoms with van der Waals surface area (Å²) in [6.07, 6.45) is 1.15. The maximum absolute atomic E-state index is 13.1. The van der Waals surface area contributed by atoms with Gasteiger partial charge in [0, 0.05) is 12.8 Å². The maximum Gasteiger partial charge on any atom is 0.227 e. The summed E-state index contributed by atoms with van der Waals surface area (Å²) in [4.78, 5) is 7.88. The Hall–Kier alpha value is -2.21. The number of ether oxygens (including phenoxy) is 2. The molecule has 0 saturated heterocycles. The van der Waals surface area contributed by atoms with Crippen LogP contribution in [0.4, 0.5) is 16.0 Å². The van der Waals surface area contributed by atoms with Gasteiger partial charge >= 0.3 is 0 Å². The third kappa shape index (κ3) is 3.89. The molecule has 0 amide bonds. The number of aryl methyl sites for hydroxylation is 1. The first kappa shape index (κ1) is 14.2. The molecule has 0 aliphatic rings. The average molecular weight is 277 g/mol. The molecule has 2 aromatic rings. The van der Waals surface area contributed by atoms with Gasteiger partial charge in [-0.15, -0.1) is 0 Å². The lowest BCUT2D eigenvalue weighted by atomic mass is 10.3. The van der Waals surface area contributed by atoms with Crippen molar-refractivity contribution in [2.75, 3.05) is 25.6 Å². The number of aromatic nitrogens is 2. The SMILES string of the molecule is COCCOc1ccc(Nc2ncc(F)c(C)n2)cc1. The average Bonchev–Trinajstić information content (AvgIpc) is 2.45. The molecular weight excluding hydrogens is 261 g/mol. The molecule has 20 heavy (non-hydrogen) atoms. The first-order chi connectivity index (χ1) is 9.69. The Morgan fingerprint density at radius 3 is 2.60 bits per heavy atom. The van der Waals surface area contributed by atoms with Gasteiger partial charge in [0.1, 0.15) is 12.4 Å². The van der Waals surface area contributed by atoms with Crippen molar-refractivity contribution < 1.29 is 13.9 Å². The first-order valence-electron chi connectivity index (χ1n) is 6.17. The molecule has 1 aromatic heterocycles. The van der Waals surface area contributed by atoms with E-state index < -0.39 is 5.82 Å². The minimum absolute atomic E-state index is 0.307. The Morgan fingerprint density at radius 1 is 1.20 bits per heavy atom. The van der Waals surface area contributed by atoms with Crippen molar-refractivity contribution in [1.29, 1.82) is 0 Å². The smallest absolute Gasteiger partial charge is 0.227 e. The third-order valence-electron chi connectivity index (χ3n) is 2.59. The van der Waals surface area contributed by atoms with Crippen molar-refractivity contribution in [2.24, 2.45) is 0 Å². The lowest BCUT2D eigenvalue weighted by Crippen LogP contribution is -2.04. The van der Waals surface area contributed by atoms with Crippen molar-refractivity contribution in [2.45, 2.75) is 6.92 Å². The molecule has 1 aromatic carbocycles. The van der Waals surface area contributed by atoms with Crippen LogP contribution in [0.25, 0.3) is 0 Å². The molecule has 0 spiro atoms. The molecule has 0 aliphatic heterocycles. The standard InChI is InChI=1S/C14H16FN3O2/c1-10-13(15)9-16-14(17-10)18-11-3-5-12(6-4-11)20-8-7-19-2/h3-6,9H,7-8H2,1-2H3,(H,16,17,18). The summed E-state index contributed by atoms with van der Waals surface area (Å²) in [7, 11) is 1.63. The highest BCUT2D eigenvalue weighted by molar-refractivity contribution is 5.54. The topological polar surface area (TPSA) is 56.3 Å². The molecule has 5 nitrogen and oxygen atoms in total. The molecular formula is C14H16FN3O2. The van der Waals surface area contributed by atoms with Gasteiger partial charge in [-0.05, 0) is 31.2 Å². The van der Waals surface area contributed by atoms with Gasteiger partial charge in [0.15, 0.2) is 5.82 Å². The fourth-order valence-electron chi connectivity index (χ4n) is 1.52. The summed E-state index contributed by atoms with van der Waals surface area (Å²) in [6, 6.07) is 7.33. The van der Waals surface area contributed by atoms with E-state index in [1.54, 1.807) is 14.0 Å². The van der Waals surface area contributed by atoms with E-state index in [2.05, 4.69) is 15.3 Å². The number of nitrogens with zero attached hydrogens (tertiary/aromatic N) is 2. The largest absolute Gasteiger partial charge is 0.491 e. The second kappa shape index (κ2) is 6.81. The van der Waals surface area contributed by atoms with Crippen molar-refractivity contribution in [3.05, 3.63) is 42.0 Å². The molecule has 6 heteroatoms. The van der Waals surface area contributed by atoms with Crippen LogP contribution in [0.1, 0.15) is 5.69 Å². The quantitative estimate of drug-likeness (QED) is 0.823. The molecule has 0 bridgehead atoms. The predicted octanol–water partition coefficient (Wildman–Crippen LogP) is 2.69. The van der Waals surface area contributed by atoms with Crippen molar-refractivity contribution in [3.8, 4) is 5.75 Å². The van der Waals surface area contributed by atoms with Gasteiger partial charge < -0.3 is 14.8 Å². The van der Waals surface area contributed by atoms with Gasteiger partial charge in [-0.2, -0.15) is 0 Å². The van der Waals surface area contributed by atoms with Crippen molar-refractivity contribution >= 4 is 11.6 Å². The minimum atomic E-state index is -0.419. The lowest BCUT2D eigenvalue weighted by Gasteiger charge is -2.08. The highest BCUT2D eigenvalue weighted by Gasteiger charge is 2.03. The van der Waals surface area contributed by atoms with E-state index in [9.17, 15) is 4.39 Å². The molecule has 2 rings (SSSR count). The Balaban J connectivity index is 1.97. The van der Waals surface area contributed by atoms with Crippen LogP contribution >= 0.6 is 0 Å². The van der Waals surface area contributed by atoms with Gasteiger partial charge in [0.25, 0.3) is 0 Å². The minimum Gasteiger partial charge on any atom is -0.491 e. The van der Waals surface area contributed by atoms with E-state index in [4.69, 9.17) is 9.47 Å². The summed E-state index contributed by atoms with van der Waals surface area (Å²) in [5, 5.41) is 3.00. The van der Waals surface area contributed by atoms with Gasteiger partial charge in [-0.25, -0.2) is 14.4 Å². The number of methoxy groups -OCH3 is 1. The summed E-state index contributed by atoms with van der Waals surface area (Å²) >= 11 is 0.